The summed E-state index contributed by atoms with van der Waals surface area (Å²) < 4.78 is 10.2. The Morgan fingerprint density at radius 1 is 1.39 bits per heavy atom. The number of furan rings is 1. The largest absolute Gasteiger partial charge is 0.469 e. The first-order chi connectivity index (χ1) is 11.0. The SMILES string of the molecule is COC(=O)C1CCN(CC(=O)Nc2oc(C)c(C)c2C#N)CC1. The maximum absolute atomic E-state index is 12.1. The van der Waals surface area contributed by atoms with E-state index in [1.165, 1.54) is 7.11 Å². The number of nitriles is 1. The Hall–Kier alpha value is -2.33. The van der Waals surface area contributed by atoms with Crippen molar-refractivity contribution in [3.05, 3.63) is 16.9 Å². The molecule has 0 spiro atoms. The van der Waals surface area contributed by atoms with Gasteiger partial charge >= 0.3 is 5.97 Å². The van der Waals surface area contributed by atoms with E-state index in [1.807, 2.05) is 11.0 Å². The van der Waals surface area contributed by atoms with Crippen molar-refractivity contribution in [3.8, 4) is 6.07 Å². The van der Waals surface area contributed by atoms with Crippen LogP contribution in [-0.2, 0) is 14.3 Å². The third-order valence-corrected chi connectivity index (χ3v) is 4.24. The van der Waals surface area contributed by atoms with Crippen molar-refractivity contribution in [3.63, 3.8) is 0 Å². The van der Waals surface area contributed by atoms with Crippen LogP contribution in [0, 0.1) is 31.1 Å². The van der Waals surface area contributed by atoms with Crippen LogP contribution in [0.4, 0.5) is 5.88 Å². The van der Waals surface area contributed by atoms with Gasteiger partial charge < -0.3 is 9.15 Å². The molecular weight excluding hydrogens is 298 g/mol. The summed E-state index contributed by atoms with van der Waals surface area (Å²) in [5, 5.41) is 11.8. The molecule has 7 heteroatoms. The number of hydrogen-bond donors (Lipinski definition) is 1. The summed E-state index contributed by atoms with van der Waals surface area (Å²) in [6.45, 7) is 5.06. The zero-order valence-corrected chi connectivity index (χ0v) is 13.6. The van der Waals surface area contributed by atoms with Crippen LogP contribution in [0.15, 0.2) is 4.42 Å². The number of carbonyl (C=O) groups excluding carboxylic acids is 2. The van der Waals surface area contributed by atoms with Gasteiger partial charge in [-0.1, -0.05) is 0 Å². The zero-order valence-electron chi connectivity index (χ0n) is 13.6. The number of piperidine rings is 1. The lowest BCUT2D eigenvalue weighted by molar-refractivity contribution is -0.147. The predicted octanol–water partition coefficient (Wildman–Crippen LogP) is 1.59. The summed E-state index contributed by atoms with van der Waals surface area (Å²) in [5.41, 5.74) is 1.10. The lowest BCUT2D eigenvalue weighted by Crippen LogP contribution is -2.41. The second-order valence-electron chi connectivity index (χ2n) is 5.72. The molecule has 1 aromatic heterocycles. The molecule has 2 heterocycles. The summed E-state index contributed by atoms with van der Waals surface area (Å²) in [5.74, 6) is 0.327. The monoisotopic (exact) mass is 319 g/mol. The van der Waals surface area contributed by atoms with Gasteiger partial charge in [-0.05, 0) is 39.8 Å². The van der Waals surface area contributed by atoms with Crippen molar-refractivity contribution < 1.29 is 18.7 Å². The molecule has 124 valence electrons. The third kappa shape index (κ3) is 3.90. The quantitative estimate of drug-likeness (QED) is 0.847. The van der Waals surface area contributed by atoms with Crippen molar-refractivity contribution in [2.45, 2.75) is 26.7 Å². The normalized spacial score (nSPS) is 15.9. The molecule has 1 fully saturated rings. The van der Waals surface area contributed by atoms with Crippen LogP contribution in [0.2, 0.25) is 0 Å². The molecule has 2 rings (SSSR count). The van der Waals surface area contributed by atoms with Crippen molar-refractivity contribution in [1.82, 2.24) is 4.90 Å². The molecule has 0 unspecified atom stereocenters. The predicted molar refractivity (Wildman–Crippen MR) is 82.7 cm³/mol. The van der Waals surface area contributed by atoms with Crippen molar-refractivity contribution in [2.24, 2.45) is 5.92 Å². The minimum absolute atomic E-state index is 0.0834. The third-order valence-electron chi connectivity index (χ3n) is 4.24. The number of hydrogen-bond acceptors (Lipinski definition) is 6. The highest BCUT2D eigenvalue weighted by molar-refractivity contribution is 5.92. The number of amides is 1. The Morgan fingerprint density at radius 3 is 2.61 bits per heavy atom. The Labute approximate surface area is 135 Å². The smallest absolute Gasteiger partial charge is 0.308 e. The first-order valence-corrected chi connectivity index (χ1v) is 7.56. The molecule has 0 aliphatic carbocycles. The number of carbonyl (C=O) groups is 2. The summed E-state index contributed by atoms with van der Waals surface area (Å²) >= 11 is 0. The van der Waals surface area contributed by atoms with Gasteiger partial charge in [-0.2, -0.15) is 5.26 Å². The van der Waals surface area contributed by atoms with Gasteiger partial charge in [-0.25, -0.2) is 0 Å². The molecule has 1 N–H and O–H groups in total. The van der Waals surface area contributed by atoms with Crippen LogP contribution in [-0.4, -0.2) is 43.5 Å². The standard InChI is InChI=1S/C16H21N3O4/c1-10-11(2)23-15(13(10)8-17)18-14(20)9-19-6-4-12(5-7-19)16(21)22-3/h12H,4-7,9H2,1-3H3,(H,18,20). The van der Waals surface area contributed by atoms with Crippen LogP contribution in [0.25, 0.3) is 0 Å². The van der Waals surface area contributed by atoms with Crippen LogP contribution < -0.4 is 5.32 Å². The van der Waals surface area contributed by atoms with Crippen LogP contribution in [0.3, 0.4) is 0 Å². The van der Waals surface area contributed by atoms with Crippen LogP contribution in [0.5, 0.6) is 0 Å². The lowest BCUT2D eigenvalue weighted by Gasteiger charge is -2.29. The molecule has 0 atom stereocenters. The molecule has 1 amide bonds. The fourth-order valence-electron chi connectivity index (χ4n) is 2.71. The van der Waals surface area contributed by atoms with E-state index in [0.29, 0.717) is 37.3 Å². The molecule has 0 aromatic carbocycles. The molecular formula is C16H21N3O4. The van der Waals surface area contributed by atoms with E-state index in [4.69, 9.17) is 14.4 Å². The van der Waals surface area contributed by atoms with E-state index < -0.39 is 0 Å². The van der Waals surface area contributed by atoms with Gasteiger partial charge in [0.1, 0.15) is 17.4 Å². The minimum atomic E-state index is -0.230. The fourth-order valence-corrected chi connectivity index (χ4v) is 2.71. The van der Waals surface area contributed by atoms with Crippen molar-refractivity contribution in [2.75, 3.05) is 32.1 Å². The number of nitrogens with zero attached hydrogens (tertiary/aromatic N) is 2. The highest BCUT2D eigenvalue weighted by Crippen LogP contribution is 2.25. The molecule has 23 heavy (non-hydrogen) atoms. The Balaban J connectivity index is 1.88. The average molecular weight is 319 g/mol. The lowest BCUT2D eigenvalue weighted by atomic mass is 9.97. The first kappa shape index (κ1) is 17.0. The molecule has 1 aromatic rings. The topological polar surface area (TPSA) is 95.6 Å². The second-order valence-corrected chi connectivity index (χ2v) is 5.72. The molecule has 0 saturated carbocycles. The molecule has 0 radical (unpaired) electrons. The molecule has 1 aliphatic heterocycles. The van der Waals surface area contributed by atoms with Crippen molar-refractivity contribution in [1.29, 1.82) is 5.26 Å². The van der Waals surface area contributed by atoms with Gasteiger partial charge in [0.15, 0.2) is 0 Å². The first-order valence-electron chi connectivity index (χ1n) is 7.56. The number of methoxy groups -OCH3 is 1. The van der Waals surface area contributed by atoms with Crippen LogP contribution in [0.1, 0.15) is 29.7 Å². The molecule has 0 bridgehead atoms. The van der Waals surface area contributed by atoms with E-state index >= 15 is 0 Å². The van der Waals surface area contributed by atoms with Gasteiger partial charge in [0, 0.05) is 5.56 Å². The Bertz CT molecular complexity index is 636. The number of likely N-dealkylation sites (tertiary alicyclic amines) is 1. The van der Waals surface area contributed by atoms with Gasteiger partial charge in [-0.3, -0.25) is 19.8 Å². The highest BCUT2D eigenvalue weighted by atomic mass is 16.5. The fraction of sp³-hybridized carbons (Fsp3) is 0.562. The van der Waals surface area contributed by atoms with Gasteiger partial charge in [0.05, 0.1) is 19.6 Å². The number of aryl methyl sites for hydroxylation is 1. The number of rotatable bonds is 4. The number of anilines is 1. The van der Waals surface area contributed by atoms with E-state index in [-0.39, 0.29) is 30.2 Å². The summed E-state index contributed by atoms with van der Waals surface area (Å²) in [6.07, 6.45) is 1.37. The molecule has 1 saturated heterocycles. The molecule has 1 aliphatic rings. The summed E-state index contributed by atoms with van der Waals surface area (Å²) in [4.78, 5) is 25.6. The van der Waals surface area contributed by atoms with E-state index in [2.05, 4.69) is 5.32 Å². The van der Waals surface area contributed by atoms with Gasteiger partial charge in [0.25, 0.3) is 0 Å². The van der Waals surface area contributed by atoms with E-state index in [1.54, 1.807) is 13.8 Å². The van der Waals surface area contributed by atoms with Crippen molar-refractivity contribution >= 4 is 17.8 Å². The van der Waals surface area contributed by atoms with Crippen LogP contribution >= 0.6 is 0 Å². The average Bonchev–Trinajstić information content (AvgIpc) is 2.80. The maximum atomic E-state index is 12.1. The van der Waals surface area contributed by atoms with E-state index in [9.17, 15) is 9.59 Å². The number of nitrogens with one attached hydrogen (secondary N) is 1. The van der Waals surface area contributed by atoms with E-state index in [0.717, 1.165) is 5.56 Å². The van der Waals surface area contributed by atoms with Gasteiger partial charge in [0.2, 0.25) is 11.8 Å². The summed E-state index contributed by atoms with van der Waals surface area (Å²) in [6, 6.07) is 2.04. The maximum Gasteiger partial charge on any atom is 0.308 e. The number of esters is 1. The van der Waals surface area contributed by atoms with Gasteiger partial charge in [-0.15, -0.1) is 0 Å². The Morgan fingerprint density at radius 2 is 2.04 bits per heavy atom. The number of ether oxygens (including phenoxy) is 1. The minimum Gasteiger partial charge on any atom is -0.469 e. The molecule has 7 nitrogen and oxygen atoms in total. The zero-order chi connectivity index (χ0) is 17.0. The Kier molecular flexibility index (Phi) is 5.40. The second kappa shape index (κ2) is 7.29. The summed E-state index contributed by atoms with van der Waals surface area (Å²) in [7, 11) is 1.39. The highest BCUT2D eigenvalue weighted by Gasteiger charge is 2.27.